The largest absolute Gasteiger partial charge is 0.314 e. The predicted octanol–water partition coefficient (Wildman–Crippen LogP) is 4.81. The molecule has 0 amide bonds. The van der Waals surface area contributed by atoms with Crippen LogP contribution in [-0.4, -0.2) is 12.6 Å². The summed E-state index contributed by atoms with van der Waals surface area (Å²) in [6.07, 6.45) is 11.3. The van der Waals surface area contributed by atoms with Gasteiger partial charge in [0, 0.05) is 6.04 Å². The molecule has 1 nitrogen and oxygen atoms in total. The topological polar surface area (TPSA) is 12.0 Å². The molecule has 1 N–H and O–H groups in total. The van der Waals surface area contributed by atoms with Gasteiger partial charge in [-0.15, -0.1) is 0 Å². The molecule has 4 unspecified atom stereocenters. The van der Waals surface area contributed by atoms with E-state index in [-0.39, 0.29) is 0 Å². The van der Waals surface area contributed by atoms with E-state index in [0.29, 0.717) is 0 Å². The average Bonchev–Trinajstić information content (AvgIpc) is 3.14. The molecule has 2 aliphatic carbocycles. The third-order valence-corrected chi connectivity index (χ3v) is 5.79. The zero-order valence-electron chi connectivity index (χ0n) is 13.6. The summed E-state index contributed by atoms with van der Waals surface area (Å²) in [7, 11) is 0. The molecule has 0 spiro atoms. The number of rotatable bonds is 8. The van der Waals surface area contributed by atoms with Crippen LogP contribution >= 0.6 is 0 Å². The fourth-order valence-corrected chi connectivity index (χ4v) is 4.75. The van der Waals surface area contributed by atoms with Crippen LogP contribution in [0, 0.1) is 17.8 Å². The Labute approximate surface area is 130 Å². The van der Waals surface area contributed by atoms with Gasteiger partial charge in [0.2, 0.25) is 0 Å². The van der Waals surface area contributed by atoms with E-state index >= 15 is 0 Å². The molecular formula is C20H31N. The number of hydrogen-bond donors (Lipinski definition) is 1. The molecule has 2 saturated carbocycles. The van der Waals surface area contributed by atoms with Gasteiger partial charge in [-0.3, -0.25) is 0 Å². The van der Waals surface area contributed by atoms with Crippen molar-refractivity contribution in [3.8, 4) is 0 Å². The van der Waals surface area contributed by atoms with Gasteiger partial charge in [-0.05, 0) is 74.8 Å². The highest BCUT2D eigenvalue weighted by Gasteiger charge is 2.42. The summed E-state index contributed by atoms with van der Waals surface area (Å²) in [5, 5.41) is 3.88. The molecule has 2 aliphatic rings. The van der Waals surface area contributed by atoms with Gasteiger partial charge in [0.25, 0.3) is 0 Å². The van der Waals surface area contributed by atoms with Crippen molar-refractivity contribution in [2.24, 2.45) is 17.8 Å². The van der Waals surface area contributed by atoms with E-state index in [9.17, 15) is 0 Å². The van der Waals surface area contributed by atoms with Gasteiger partial charge < -0.3 is 5.32 Å². The first-order valence-corrected chi connectivity index (χ1v) is 9.14. The van der Waals surface area contributed by atoms with Crippen molar-refractivity contribution in [2.75, 3.05) is 6.54 Å². The molecule has 1 aromatic rings. The molecule has 0 saturated heterocycles. The molecule has 4 atom stereocenters. The number of aryl methyl sites for hydroxylation is 1. The molecule has 1 heteroatoms. The Morgan fingerprint density at radius 3 is 2.67 bits per heavy atom. The maximum Gasteiger partial charge on any atom is 0.00981 e. The van der Waals surface area contributed by atoms with Crippen molar-refractivity contribution < 1.29 is 0 Å². The van der Waals surface area contributed by atoms with Gasteiger partial charge in [-0.25, -0.2) is 0 Å². The normalized spacial score (nSPS) is 28.9. The molecule has 1 aromatic carbocycles. The van der Waals surface area contributed by atoms with E-state index in [0.717, 1.165) is 23.8 Å². The van der Waals surface area contributed by atoms with E-state index in [1.165, 1.54) is 63.5 Å². The van der Waals surface area contributed by atoms with E-state index in [4.69, 9.17) is 0 Å². The second-order valence-corrected chi connectivity index (χ2v) is 7.28. The van der Waals surface area contributed by atoms with E-state index in [1.54, 1.807) is 0 Å². The summed E-state index contributed by atoms with van der Waals surface area (Å²) >= 11 is 0. The number of hydrogen-bond acceptors (Lipinski definition) is 1. The van der Waals surface area contributed by atoms with Crippen LogP contribution < -0.4 is 5.32 Å². The number of fused-ring (bicyclic) bond motifs is 2. The van der Waals surface area contributed by atoms with Crippen LogP contribution in [0.3, 0.4) is 0 Å². The highest BCUT2D eigenvalue weighted by Crippen LogP contribution is 2.50. The van der Waals surface area contributed by atoms with Crippen LogP contribution in [0.5, 0.6) is 0 Å². The van der Waals surface area contributed by atoms with Crippen molar-refractivity contribution in [1.29, 1.82) is 0 Å². The van der Waals surface area contributed by atoms with Crippen LogP contribution in [0.1, 0.15) is 57.4 Å². The number of benzene rings is 1. The highest BCUT2D eigenvalue weighted by molar-refractivity contribution is 5.14. The molecule has 116 valence electrons. The van der Waals surface area contributed by atoms with Gasteiger partial charge in [0.05, 0.1) is 0 Å². The molecule has 0 radical (unpaired) electrons. The maximum absolute atomic E-state index is 3.88. The number of nitrogens with one attached hydrogen (secondary N) is 1. The van der Waals surface area contributed by atoms with Crippen molar-refractivity contribution in [3.05, 3.63) is 35.9 Å². The maximum atomic E-state index is 3.88. The fourth-order valence-electron chi connectivity index (χ4n) is 4.75. The third kappa shape index (κ3) is 3.88. The van der Waals surface area contributed by atoms with E-state index < -0.39 is 0 Å². The van der Waals surface area contributed by atoms with Crippen molar-refractivity contribution in [1.82, 2.24) is 5.32 Å². The highest BCUT2D eigenvalue weighted by atomic mass is 14.9. The summed E-state index contributed by atoms with van der Waals surface area (Å²) in [5.74, 6) is 3.09. The van der Waals surface area contributed by atoms with Gasteiger partial charge in [0.15, 0.2) is 0 Å². The van der Waals surface area contributed by atoms with Crippen molar-refractivity contribution >= 4 is 0 Å². The summed E-state index contributed by atoms with van der Waals surface area (Å²) in [6, 6.07) is 11.8. The molecule has 0 aromatic heterocycles. The first-order chi connectivity index (χ1) is 10.4. The lowest BCUT2D eigenvalue weighted by Gasteiger charge is -2.31. The van der Waals surface area contributed by atoms with Crippen LogP contribution in [0.25, 0.3) is 0 Å². The van der Waals surface area contributed by atoms with Gasteiger partial charge >= 0.3 is 0 Å². The molecule has 21 heavy (non-hydrogen) atoms. The van der Waals surface area contributed by atoms with Crippen molar-refractivity contribution in [3.63, 3.8) is 0 Å². The third-order valence-electron chi connectivity index (χ3n) is 5.79. The second-order valence-electron chi connectivity index (χ2n) is 7.28. The Kier molecular flexibility index (Phi) is 5.35. The Hall–Kier alpha value is -0.820. The van der Waals surface area contributed by atoms with Crippen LogP contribution in [-0.2, 0) is 6.42 Å². The summed E-state index contributed by atoms with van der Waals surface area (Å²) < 4.78 is 0. The summed E-state index contributed by atoms with van der Waals surface area (Å²) in [6.45, 7) is 3.48. The fraction of sp³-hybridized carbons (Fsp3) is 0.700. The SMILES string of the molecule is CCCNC(CCCc1ccccc1)C1CC2CCC1C2. The lowest BCUT2D eigenvalue weighted by Crippen LogP contribution is -2.39. The van der Waals surface area contributed by atoms with Gasteiger partial charge in [0.1, 0.15) is 0 Å². The quantitative estimate of drug-likeness (QED) is 0.722. The molecule has 2 fully saturated rings. The molecule has 2 bridgehead atoms. The Morgan fingerprint density at radius 1 is 1.14 bits per heavy atom. The monoisotopic (exact) mass is 285 g/mol. The molecule has 3 rings (SSSR count). The van der Waals surface area contributed by atoms with E-state index in [1.807, 2.05) is 0 Å². The zero-order chi connectivity index (χ0) is 14.5. The van der Waals surface area contributed by atoms with Crippen LogP contribution in [0.4, 0.5) is 0 Å². The predicted molar refractivity (Wildman–Crippen MR) is 90.4 cm³/mol. The zero-order valence-corrected chi connectivity index (χ0v) is 13.6. The first kappa shape index (κ1) is 15.1. The van der Waals surface area contributed by atoms with Crippen LogP contribution in [0.2, 0.25) is 0 Å². The first-order valence-electron chi connectivity index (χ1n) is 9.14. The summed E-state index contributed by atoms with van der Waals surface area (Å²) in [4.78, 5) is 0. The lowest BCUT2D eigenvalue weighted by molar-refractivity contribution is 0.236. The lowest BCUT2D eigenvalue weighted by atomic mass is 9.81. The second kappa shape index (κ2) is 7.45. The Bertz CT molecular complexity index is 413. The molecule has 0 heterocycles. The van der Waals surface area contributed by atoms with Gasteiger partial charge in [-0.1, -0.05) is 43.7 Å². The Balaban J connectivity index is 1.50. The van der Waals surface area contributed by atoms with Crippen molar-refractivity contribution in [2.45, 2.75) is 64.3 Å². The molecule has 0 aliphatic heterocycles. The van der Waals surface area contributed by atoms with Gasteiger partial charge in [-0.2, -0.15) is 0 Å². The van der Waals surface area contributed by atoms with E-state index in [2.05, 4.69) is 42.6 Å². The standard InChI is InChI=1S/C20H31N/c1-2-13-21-20(19-15-17-11-12-18(19)14-17)10-6-9-16-7-4-3-5-8-16/h3-5,7-8,17-21H,2,6,9-15H2,1H3. The minimum absolute atomic E-state index is 0.781. The minimum atomic E-state index is 0.781. The summed E-state index contributed by atoms with van der Waals surface area (Å²) in [5.41, 5.74) is 1.50. The molecular weight excluding hydrogens is 254 g/mol. The Morgan fingerprint density at radius 2 is 2.00 bits per heavy atom. The smallest absolute Gasteiger partial charge is 0.00981 e. The average molecular weight is 285 g/mol. The minimum Gasteiger partial charge on any atom is -0.314 e. The van der Waals surface area contributed by atoms with Crippen LogP contribution in [0.15, 0.2) is 30.3 Å².